The summed E-state index contributed by atoms with van der Waals surface area (Å²) in [7, 11) is -3.89. The number of sulfonamides is 1. The largest absolute Gasteiger partial charge is 0.329 e. The summed E-state index contributed by atoms with van der Waals surface area (Å²) in [5, 5.41) is 0. The molecule has 0 aliphatic carbocycles. The molecule has 2 aromatic rings. The van der Waals surface area contributed by atoms with E-state index in [1.807, 2.05) is 0 Å². The third kappa shape index (κ3) is 3.70. The number of nitrogens with zero attached hydrogens (tertiary/aromatic N) is 1. The number of nitrogens with one attached hydrogen (secondary N) is 1. The standard InChI is InChI=1S/C17H17F3N2O2S/c18-14-5-1-2-7-16(14)25(23,24)22-10-8-21(9-11-22)12-13-4-3-6-15(19)17(13)20/h1-7H,8-12H2/p+1. The first-order chi connectivity index (χ1) is 11.9. The van der Waals surface area contributed by atoms with Gasteiger partial charge in [-0.3, -0.25) is 0 Å². The van der Waals surface area contributed by atoms with Gasteiger partial charge in [0, 0.05) is 5.56 Å². The quantitative estimate of drug-likeness (QED) is 0.878. The van der Waals surface area contributed by atoms with Crippen LogP contribution in [0.3, 0.4) is 0 Å². The van der Waals surface area contributed by atoms with Crippen molar-refractivity contribution >= 4 is 10.0 Å². The number of piperazine rings is 1. The van der Waals surface area contributed by atoms with E-state index in [0.29, 0.717) is 13.1 Å². The summed E-state index contributed by atoms with van der Waals surface area (Å²) in [6, 6.07) is 9.30. The molecule has 3 rings (SSSR count). The Hall–Kier alpha value is -1.90. The SMILES string of the molecule is O=S(=O)(c1ccccc1F)N1CC[NH+](Cc2cccc(F)c2F)CC1. The number of rotatable bonds is 4. The van der Waals surface area contributed by atoms with Gasteiger partial charge in [-0.15, -0.1) is 0 Å². The molecule has 0 amide bonds. The molecule has 1 aliphatic heterocycles. The van der Waals surface area contributed by atoms with E-state index in [1.165, 1.54) is 34.6 Å². The summed E-state index contributed by atoms with van der Waals surface area (Å²) in [5.74, 6) is -2.53. The van der Waals surface area contributed by atoms with Crippen molar-refractivity contribution in [2.45, 2.75) is 11.4 Å². The Morgan fingerprint density at radius 2 is 1.56 bits per heavy atom. The fraction of sp³-hybridized carbons (Fsp3) is 0.294. The minimum absolute atomic E-state index is 0.197. The van der Waals surface area contributed by atoms with Crippen LogP contribution in [0.4, 0.5) is 13.2 Å². The van der Waals surface area contributed by atoms with E-state index in [0.717, 1.165) is 17.0 Å². The lowest BCUT2D eigenvalue weighted by atomic mass is 10.2. The zero-order chi connectivity index (χ0) is 18.0. The van der Waals surface area contributed by atoms with Crippen LogP contribution in [-0.2, 0) is 16.6 Å². The summed E-state index contributed by atoms with van der Waals surface area (Å²) in [4.78, 5) is 0.610. The van der Waals surface area contributed by atoms with Crippen LogP contribution in [0.5, 0.6) is 0 Å². The Morgan fingerprint density at radius 3 is 2.24 bits per heavy atom. The lowest BCUT2D eigenvalue weighted by Crippen LogP contribution is -3.13. The second kappa shape index (κ2) is 7.15. The van der Waals surface area contributed by atoms with Crippen molar-refractivity contribution in [3.63, 3.8) is 0 Å². The summed E-state index contributed by atoms with van der Waals surface area (Å²) >= 11 is 0. The van der Waals surface area contributed by atoms with Gasteiger partial charge in [0.1, 0.15) is 17.3 Å². The van der Waals surface area contributed by atoms with Gasteiger partial charge >= 0.3 is 0 Å². The first kappa shape index (κ1) is 17.9. The van der Waals surface area contributed by atoms with Crippen molar-refractivity contribution in [2.75, 3.05) is 26.2 Å². The Labute approximate surface area is 144 Å². The summed E-state index contributed by atoms with van der Waals surface area (Å²) in [6.45, 7) is 1.54. The molecule has 0 saturated carbocycles. The minimum Gasteiger partial charge on any atom is -0.329 e. The lowest BCUT2D eigenvalue weighted by molar-refractivity contribution is -0.917. The zero-order valence-electron chi connectivity index (χ0n) is 13.4. The molecule has 0 spiro atoms. The van der Waals surface area contributed by atoms with Gasteiger partial charge in [0.05, 0.1) is 26.2 Å². The molecule has 2 aromatic carbocycles. The highest BCUT2D eigenvalue weighted by molar-refractivity contribution is 7.89. The van der Waals surface area contributed by atoms with E-state index in [4.69, 9.17) is 0 Å². The van der Waals surface area contributed by atoms with Crippen molar-refractivity contribution < 1.29 is 26.5 Å². The maximum absolute atomic E-state index is 13.8. The molecular formula is C17H18F3N2O2S+. The van der Waals surface area contributed by atoms with Crippen LogP contribution in [0.2, 0.25) is 0 Å². The molecule has 25 heavy (non-hydrogen) atoms. The van der Waals surface area contributed by atoms with Crippen LogP contribution in [-0.4, -0.2) is 38.9 Å². The van der Waals surface area contributed by atoms with Crippen LogP contribution in [0.15, 0.2) is 47.4 Å². The van der Waals surface area contributed by atoms with Gasteiger partial charge in [0.2, 0.25) is 10.0 Å². The topological polar surface area (TPSA) is 41.8 Å². The van der Waals surface area contributed by atoms with E-state index in [2.05, 4.69) is 0 Å². The fourth-order valence-electron chi connectivity index (χ4n) is 2.97. The Kier molecular flexibility index (Phi) is 5.12. The van der Waals surface area contributed by atoms with Crippen LogP contribution >= 0.6 is 0 Å². The predicted molar refractivity (Wildman–Crippen MR) is 85.9 cm³/mol. The Bertz CT molecular complexity index is 866. The van der Waals surface area contributed by atoms with E-state index in [-0.39, 0.29) is 30.1 Å². The van der Waals surface area contributed by atoms with E-state index >= 15 is 0 Å². The number of halogens is 3. The van der Waals surface area contributed by atoms with Gasteiger partial charge in [-0.25, -0.2) is 21.6 Å². The number of benzene rings is 2. The number of quaternary nitrogens is 1. The second-order valence-electron chi connectivity index (χ2n) is 5.97. The van der Waals surface area contributed by atoms with Gasteiger partial charge in [-0.2, -0.15) is 4.31 Å². The average molecular weight is 371 g/mol. The Balaban J connectivity index is 1.68. The van der Waals surface area contributed by atoms with Gasteiger partial charge in [-0.1, -0.05) is 24.3 Å². The van der Waals surface area contributed by atoms with Crippen molar-refractivity contribution in [2.24, 2.45) is 0 Å². The molecule has 134 valence electrons. The van der Waals surface area contributed by atoms with Gasteiger partial charge in [0.25, 0.3) is 0 Å². The third-order valence-corrected chi connectivity index (χ3v) is 6.29. The smallest absolute Gasteiger partial charge is 0.246 e. The summed E-state index contributed by atoms with van der Waals surface area (Å²) < 4.78 is 67.1. The van der Waals surface area contributed by atoms with Crippen molar-refractivity contribution in [1.29, 1.82) is 0 Å². The van der Waals surface area contributed by atoms with Crippen LogP contribution in [0.1, 0.15) is 5.56 Å². The van der Waals surface area contributed by atoms with Crippen molar-refractivity contribution in [3.05, 3.63) is 65.5 Å². The molecule has 0 unspecified atom stereocenters. The molecule has 8 heteroatoms. The molecule has 0 bridgehead atoms. The minimum atomic E-state index is -3.89. The Morgan fingerprint density at radius 1 is 0.920 bits per heavy atom. The molecular weight excluding hydrogens is 353 g/mol. The average Bonchev–Trinajstić information content (AvgIpc) is 2.60. The van der Waals surface area contributed by atoms with E-state index in [1.54, 1.807) is 0 Å². The molecule has 0 atom stereocenters. The van der Waals surface area contributed by atoms with Crippen LogP contribution in [0, 0.1) is 17.5 Å². The summed E-state index contributed by atoms with van der Waals surface area (Å²) in [5.41, 5.74) is 0.264. The summed E-state index contributed by atoms with van der Waals surface area (Å²) in [6.07, 6.45) is 0. The molecule has 1 saturated heterocycles. The first-order valence-corrected chi connectivity index (χ1v) is 9.35. The molecule has 1 heterocycles. The van der Waals surface area contributed by atoms with Gasteiger partial charge < -0.3 is 4.90 Å². The normalized spacial score (nSPS) is 16.9. The molecule has 0 aromatic heterocycles. The van der Waals surface area contributed by atoms with Gasteiger partial charge in [-0.05, 0) is 18.2 Å². The fourth-order valence-corrected chi connectivity index (χ4v) is 4.47. The lowest BCUT2D eigenvalue weighted by Gasteiger charge is -2.31. The highest BCUT2D eigenvalue weighted by Gasteiger charge is 2.32. The second-order valence-corrected chi connectivity index (χ2v) is 7.88. The van der Waals surface area contributed by atoms with Gasteiger partial charge in [0.15, 0.2) is 11.6 Å². The van der Waals surface area contributed by atoms with E-state index in [9.17, 15) is 21.6 Å². The third-order valence-electron chi connectivity index (χ3n) is 4.36. The van der Waals surface area contributed by atoms with Crippen molar-refractivity contribution in [1.82, 2.24) is 4.31 Å². The van der Waals surface area contributed by atoms with Crippen LogP contribution in [0.25, 0.3) is 0 Å². The molecule has 1 aliphatic rings. The number of hydrogen-bond acceptors (Lipinski definition) is 2. The van der Waals surface area contributed by atoms with E-state index < -0.39 is 27.5 Å². The maximum Gasteiger partial charge on any atom is 0.246 e. The first-order valence-electron chi connectivity index (χ1n) is 7.91. The monoisotopic (exact) mass is 371 g/mol. The van der Waals surface area contributed by atoms with Crippen molar-refractivity contribution in [3.8, 4) is 0 Å². The molecule has 1 N–H and O–H groups in total. The predicted octanol–water partition coefficient (Wildman–Crippen LogP) is 1.19. The highest BCUT2D eigenvalue weighted by Crippen LogP contribution is 2.19. The zero-order valence-corrected chi connectivity index (χ0v) is 14.2. The molecule has 0 radical (unpaired) electrons. The highest BCUT2D eigenvalue weighted by atomic mass is 32.2. The number of hydrogen-bond donors (Lipinski definition) is 1. The molecule has 1 fully saturated rings. The van der Waals surface area contributed by atoms with Crippen LogP contribution < -0.4 is 4.90 Å². The maximum atomic E-state index is 13.8. The molecule has 4 nitrogen and oxygen atoms in total.